The van der Waals surface area contributed by atoms with E-state index >= 15 is 0 Å². The molecule has 0 saturated heterocycles. The summed E-state index contributed by atoms with van der Waals surface area (Å²) >= 11 is 0. The van der Waals surface area contributed by atoms with Crippen molar-refractivity contribution in [2.75, 3.05) is 6.61 Å². The van der Waals surface area contributed by atoms with Gasteiger partial charge in [-0.25, -0.2) is 13.2 Å². The molecule has 2 fully saturated rings. The van der Waals surface area contributed by atoms with Gasteiger partial charge in [0.05, 0.1) is 6.10 Å². The van der Waals surface area contributed by atoms with Gasteiger partial charge in [-0.3, -0.25) is 0 Å². The van der Waals surface area contributed by atoms with E-state index in [-0.39, 0.29) is 23.9 Å². The Hall–Kier alpha value is -0.250. The van der Waals surface area contributed by atoms with Gasteiger partial charge in [-0.2, -0.15) is 0 Å². The lowest BCUT2D eigenvalue weighted by Crippen LogP contribution is -2.44. The minimum Gasteiger partial charge on any atom is -0.375 e. The fraction of sp³-hybridized carbons (Fsp3) is 1.00. The highest BCUT2D eigenvalue weighted by molar-refractivity contribution is 4.93. The van der Waals surface area contributed by atoms with Crippen molar-refractivity contribution in [1.29, 1.82) is 0 Å². The number of rotatable bonds is 4. The molecule has 1 nitrogen and oxygen atoms in total. The summed E-state index contributed by atoms with van der Waals surface area (Å²) in [7, 11) is 0. The maximum absolute atomic E-state index is 14.2. The van der Waals surface area contributed by atoms with Crippen molar-refractivity contribution in [3.05, 3.63) is 0 Å². The van der Waals surface area contributed by atoms with Gasteiger partial charge in [-0.15, -0.1) is 0 Å². The minimum absolute atomic E-state index is 0.0211. The van der Waals surface area contributed by atoms with Crippen LogP contribution in [0.15, 0.2) is 0 Å². The van der Waals surface area contributed by atoms with Crippen LogP contribution in [-0.4, -0.2) is 31.2 Å². The summed E-state index contributed by atoms with van der Waals surface area (Å²) in [6.45, 7) is 4.34. The van der Waals surface area contributed by atoms with Crippen LogP contribution >= 0.6 is 0 Å². The quantitative estimate of drug-likeness (QED) is 0.733. The van der Waals surface area contributed by atoms with Crippen LogP contribution in [0.5, 0.6) is 0 Å². The van der Waals surface area contributed by atoms with Gasteiger partial charge in [-0.1, -0.05) is 13.8 Å². The van der Waals surface area contributed by atoms with Crippen molar-refractivity contribution in [2.45, 2.75) is 77.0 Å². The molecule has 4 heteroatoms. The lowest BCUT2D eigenvalue weighted by molar-refractivity contribution is -0.0638. The van der Waals surface area contributed by atoms with E-state index in [0.717, 1.165) is 19.3 Å². The van der Waals surface area contributed by atoms with E-state index in [4.69, 9.17) is 4.74 Å². The highest BCUT2D eigenvalue weighted by Crippen LogP contribution is 2.43. The molecular weight excluding hydrogens is 265 g/mol. The van der Waals surface area contributed by atoms with Crippen LogP contribution in [0.4, 0.5) is 13.2 Å². The molecule has 0 amide bonds. The first-order chi connectivity index (χ1) is 9.54. The molecule has 7 atom stereocenters. The fourth-order valence-corrected chi connectivity index (χ4v) is 3.78. The molecule has 2 saturated carbocycles. The highest BCUT2D eigenvalue weighted by Gasteiger charge is 2.44. The van der Waals surface area contributed by atoms with Crippen molar-refractivity contribution in [2.24, 2.45) is 17.8 Å². The van der Waals surface area contributed by atoms with E-state index in [1.807, 2.05) is 6.92 Å². The first kappa shape index (κ1) is 16.1. The molecule has 0 bridgehead atoms. The molecule has 118 valence electrons. The summed E-state index contributed by atoms with van der Waals surface area (Å²) in [4.78, 5) is 0. The third-order valence-corrected chi connectivity index (χ3v) is 5.11. The van der Waals surface area contributed by atoms with Crippen molar-refractivity contribution >= 4 is 0 Å². The Morgan fingerprint density at radius 1 is 1.00 bits per heavy atom. The summed E-state index contributed by atoms with van der Waals surface area (Å²) in [5.41, 5.74) is 0. The van der Waals surface area contributed by atoms with Gasteiger partial charge in [-0.05, 0) is 56.3 Å². The first-order valence-electron chi connectivity index (χ1n) is 8.08. The van der Waals surface area contributed by atoms with E-state index in [1.165, 1.54) is 0 Å². The molecule has 0 aromatic rings. The summed E-state index contributed by atoms with van der Waals surface area (Å²) < 4.78 is 47.6. The highest BCUT2D eigenvalue weighted by atomic mass is 19.2. The normalized spacial score (nSPS) is 46.4. The van der Waals surface area contributed by atoms with E-state index in [1.54, 1.807) is 6.92 Å². The third-order valence-electron chi connectivity index (χ3n) is 5.11. The number of halogens is 3. The first-order valence-corrected chi connectivity index (χ1v) is 8.08. The Morgan fingerprint density at radius 3 is 2.40 bits per heavy atom. The molecule has 0 aliphatic heterocycles. The van der Waals surface area contributed by atoms with E-state index in [0.29, 0.717) is 25.9 Å². The Labute approximate surface area is 120 Å². The van der Waals surface area contributed by atoms with Gasteiger partial charge < -0.3 is 4.74 Å². The van der Waals surface area contributed by atoms with Gasteiger partial charge in [0.25, 0.3) is 0 Å². The molecule has 20 heavy (non-hydrogen) atoms. The lowest BCUT2D eigenvalue weighted by atomic mass is 9.69. The van der Waals surface area contributed by atoms with Crippen molar-refractivity contribution < 1.29 is 17.9 Å². The van der Waals surface area contributed by atoms with Crippen LogP contribution in [0.25, 0.3) is 0 Å². The van der Waals surface area contributed by atoms with E-state index in [9.17, 15) is 13.2 Å². The largest absolute Gasteiger partial charge is 0.375 e. The molecule has 0 aromatic carbocycles. The number of hydrogen-bond acceptors (Lipinski definition) is 1. The zero-order valence-corrected chi connectivity index (χ0v) is 12.5. The molecule has 2 aliphatic carbocycles. The summed E-state index contributed by atoms with van der Waals surface area (Å²) in [5, 5.41) is 0. The molecule has 0 heterocycles. The smallest absolute Gasteiger partial charge is 0.134 e. The predicted molar refractivity (Wildman–Crippen MR) is 73.9 cm³/mol. The van der Waals surface area contributed by atoms with Crippen LogP contribution in [0, 0.1) is 17.8 Å². The minimum atomic E-state index is -1.41. The summed E-state index contributed by atoms with van der Waals surface area (Å²) in [5.74, 6) is -0.523. The van der Waals surface area contributed by atoms with Crippen LogP contribution in [0.3, 0.4) is 0 Å². The monoisotopic (exact) mass is 292 g/mol. The Balaban J connectivity index is 1.89. The Bertz CT molecular complexity index is 299. The third kappa shape index (κ3) is 3.49. The molecule has 0 radical (unpaired) electrons. The SMILES string of the molecule is CCCOC1CCC(C2CCC(C)C(F)C2F)CC1F. The van der Waals surface area contributed by atoms with E-state index < -0.39 is 18.5 Å². The zero-order valence-electron chi connectivity index (χ0n) is 12.5. The lowest BCUT2D eigenvalue weighted by Gasteiger charge is -2.41. The molecule has 2 aliphatic rings. The number of alkyl halides is 3. The van der Waals surface area contributed by atoms with Crippen molar-refractivity contribution in [3.8, 4) is 0 Å². The molecule has 2 rings (SSSR count). The summed E-state index contributed by atoms with van der Waals surface area (Å²) in [6, 6.07) is 0. The van der Waals surface area contributed by atoms with Crippen LogP contribution in [0.1, 0.15) is 52.4 Å². The van der Waals surface area contributed by atoms with E-state index in [2.05, 4.69) is 0 Å². The predicted octanol–water partition coefficient (Wildman–Crippen LogP) is 4.64. The average Bonchev–Trinajstić information content (AvgIpc) is 2.44. The van der Waals surface area contributed by atoms with Crippen LogP contribution in [0.2, 0.25) is 0 Å². The Kier molecular flexibility index (Phi) is 5.76. The second kappa shape index (κ2) is 7.15. The van der Waals surface area contributed by atoms with Crippen LogP contribution < -0.4 is 0 Å². The molecular formula is C16H27F3O. The van der Waals surface area contributed by atoms with Gasteiger partial charge in [0.1, 0.15) is 18.5 Å². The van der Waals surface area contributed by atoms with Gasteiger partial charge in [0.2, 0.25) is 0 Å². The number of ether oxygens (including phenoxy) is 1. The maximum atomic E-state index is 14.2. The van der Waals surface area contributed by atoms with Crippen molar-refractivity contribution in [1.82, 2.24) is 0 Å². The molecule has 7 unspecified atom stereocenters. The standard InChI is InChI=1S/C16H27F3O/c1-3-8-20-14-7-5-11(9-13(14)17)12-6-4-10(2)15(18)16(12)19/h10-16H,3-9H2,1-2H3. The Morgan fingerprint density at radius 2 is 1.75 bits per heavy atom. The van der Waals surface area contributed by atoms with Gasteiger partial charge in [0, 0.05) is 6.61 Å². The van der Waals surface area contributed by atoms with Gasteiger partial charge >= 0.3 is 0 Å². The second-order valence-electron chi connectivity index (χ2n) is 6.61. The maximum Gasteiger partial charge on any atom is 0.134 e. The van der Waals surface area contributed by atoms with Gasteiger partial charge in [0.15, 0.2) is 0 Å². The second-order valence-corrected chi connectivity index (χ2v) is 6.61. The molecule has 0 N–H and O–H groups in total. The molecule has 0 aromatic heterocycles. The summed E-state index contributed by atoms with van der Waals surface area (Å²) in [6.07, 6.45) is -0.120. The zero-order chi connectivity index (χ0) is 14.7. The van der Waals surface area contributed by atoms with Crippen LogP contribution in [-0.2, 0) is 4.74 Å². The topological polar surface area (TPSA) is 9.23 Å². The number of hydrogen-bond donors (Lipinski definition) is 0. The van der Waals surface area contributed by atoms with Crippen molar-refractivity contribution in [3.63, 3.8) is 0 Å². The molecule has 0 spiro atoms. The average molecular weight is 292 g/mol. The fourth-order valence-electron chi connectivity index (χ4n) is 3.78.